The van der Waals surface area contributed by atoms with E-state index in [2.05, 4.69) is 15.0 Å². The first kappa shape index (κ1) is 14.9. The lowest BCUT2D eigenvalue weighted by atomic mass is 10.3. The van der Waals surface area contributed by atoms with Crippen LogP contribution in [0.5, 0.6) is 0 Å². The van der Waals surface area contributed by atoms with E-state index in [0.717, 1.165) is 0 Å². The van der Waals surface area contributed by atoms with Crippen LogP contribution in [0.3, 0.4) is 0 Å². The molecule has 1 amide bonds. The molecule has 0 aliphatic carbocycles. The Kier molecular flexibility index (Phi) is 4.20. The summed E-state index contributed by atoms with van der Waals surface area (Å²) in [5.41, 5.74) is -0.000403. The Morgan fingerprint density at radius 2 is 1.86 bits per heavy atom. The Hall–Kier alpha value is -2.45. The average molecular weight is 307 g/mol. The van der Waals surface area contributed by atoms with Gasteiger partial charge in [-0.25, -0.2) is 13.1 Å². The highest BCUT2D eigenvalue weighted by Gasteiger charge is 2.13. The number of hydrogen-bond donors (Lipinski definition) is 3. The summed E-state index contributed by atoms with van der Waals surface area (Å²) in [6.45, 7) is 0. The van der Waals surface area contributed by atoms with Gasteiger partial charge < -0.3 is 10.3 Å². The molecule has 0 unspecified atom stereocenters. The fourth-order valence-electron chi connectivity index (χ4n) is 1.64. The molecule has 1 aromatic carbocycles. The number of aromatic amines is 1. The van der Waals surface area contributed by atoms with E-state index < -0.39 is 21.5 Å². The molecule has 2 rings (SSSR count). The summed E-state index contributed by atoms with van der Waals surface area (Å²) in [7, 11) is -2.29. The van der Waals surface area contributed by atoms with E-state index in [9.17, 15) is 18.0 Å². The van der Waals surface area contributed by atoms with E-state index in [1.165, 1.54) is 43.4 Å². The number of H-pyrrole nitrogens is 1. The molecule has 8 heteroatoms. The predicted octanol–water partition coefficient (Wildman–Crippen LogP) is 0.535. The zero-order chi connectivity index (χ0) is 15.5. The Balaban J connectivity index is 2.26. The lowest BCUT2D eigenvalue weighted by Gasteiger charge is -2.07. The monoisotopic (exact) mass is 307 g/mol. The molecule has 21 heavy (non-hydrogen) atoms. The second kappa shape index (κ2) is 5.90. The standard InChI is InChI=1S/C13H13N3O4S/c1-14-21(19,20)10-5-2-4-9(8-10)15-13(18)11-6-3-7-12(17)16-11/h2-8,14H,1H3,(H,15,18)(H,16,17). The zero-order valence-electron chi connectivity index (χ0n) is 11.1. The first-order valence-electron chi connectivity index (χ1n) is 5.97. The summed E-state index contributed by atoms with van der Waals surface area (Å²) in [5, 5.41) is 2.52. The van der Waals surface area contributed by atoms with Gasteiger partial charge >= 0.3 is 0 Å². The van der Waals surface area contributed by atoms with E-state index in [-0.39, 0.29) is 10.6 Å². The molecule has 0 aliphatic rings. The molecule has 0 spiro atoms. The number of carbonyl (C=O) groups is 1. The largest absolute Gasteiger partial charge is 0.321 e. The van der Waals surface area contributed by atoms with Crippen LogP contribution in [-0.2, 0) is 10.0 Å². The molecule has 3 N–H and O–H groups in total. The quantitative estimate of drug-likeness (QED) is 0.766. The van der Waals surface area contributed by atoms with Crippen molar-refractivity contribution in [1.82, 2.24) is 9.71 Å². The number of nitrogens with one attached hydrogen (secondary N) is 3. The minimum Gasteiger partial charge on any atom is -0.321 e. The molecule has 1 heterocycles. The number of anilines is 1. The summed E-state index contributed by atoms with van der Waals surface area (Å²) in [6.07, 6.45) is 0. The number of carbonyl (C=O) groups excluding carboxylic acids is 1. The number of rotatable bonds is 4. The molecular weight excluding hydrogens is 294 g/mol. The molecule has 1 aromatic heterocycles. The smallest absolute Gasteiger partial charge is 0.272 e. The van der Waals surface area contributed by atoms with Crippen molar-refractivity contribution >= 4 is 21.6 Å². The molecule has 0 atom stereocenters. The third-order valence-electron chi connectivity index (χ3n) is 2.68. The van der Waals surface area contributed by atoms with Crippen molar-refractivity contribution in [3.8, 4) is 0 Å². The summed E-state index contributed by atoms with van der Waals surface area (Å²) in [5.74, 6) is -0.535. The maximum Gasteiger partial charge on any atom is 0.272 e. The van der Waals surface area contributed by atoms with Crippen LogP contribution >= 0.6 is 0 Å². The van der Waals surface area contributed by atoms with Crippen LogP contribution in [0.4, 0.5) is 5.69 Å². The lowest BCUT2D eigenvalue weighted by molar-refractivity contribution is 0.102. The SMILES string of the molecule is CNS(=O)(=O)c1cccc(NC(=O)c2cccc(=O)[nH]2)c1. The van der Waals surface area contributed by atoms with E-state index in [1.54, 1.807) is 6.07 Å². The van der Waals surface area contributed by atoms with E-state index in [0.29, 0.717) is 5.69 Å². The predicted molar refractivity (Wildman–Crippen MR) is 77.7 cm³/mol. The van der Waals surface area contributed by atoms with Gasteiger partial charge in [-0.3, -0.25) is 9.59 Å². The molecule has 0 fully saturated rings. The van der Waals surface area contributed by atoms with Gasteiger partial charge in [-0.1, -0.05) is 12.1 Å². The van der Waals surface area contributed by atoms with Gasteiger partial charge in [0.1, 0.15) is 5.69 Å². The summed E-state index contributed by atoms with van der Waals surface area (Å²) in [6, 6.07) is 9.98. The van der Waals surface area contributed by atoms with Crippen molar-refractivity contribution < 1.29 is 13.2 Å². The third-order valence-corrected chi connectivity index (χ3v) is 4.10. The van der Waals surface area contributed by atoms with Gasteiger partial charge in [0, 0.05) is 11.8 Å². The normalized spacial score (nSPS) is 11.1. The molecule has 110 valence electrons. The maximum atomic E-state index is 12.0. The number of pyridine rings is 1. The Morgan fingerprint density at radius 3 is 2.52 bits per heavy atom. The van der Waals surface area contributed by atoms with Crippen molar-refractivity contribution in [2.24, 2.45) is 0 Å². The first-order valence-corrected chi connectivity index (χ1v) is 7.45. The third kappa shape index (κ3) is 3.56. The number of hydrogen-bond acceptors (Lipinski definition) is 4. The van der Waals surface area contributed by atoms with Crippen LogP contribution in [0.1, 0.15) is 10.5 Å². The Morgan fingerprint density at radius 1 is 1.14 bits per heavy atom. The average Bonchev–Trinajstić information content (AvgIpc) is 2.47. The van der Waals surface area contributed by atoms with Gasteiger partial charge in [0.05, 0.1) is 4.90 Å². The van der Waals surface area contributed by atoms with Crippen LogP contribution in [0.2, 0.25) is 0 Å². The van der Waals surface area contributed by atoms with Gasteiger partial charge in [0.2, 0.25) is 15.6 Å². The Labute approximate surface area is 121 Å². The van der Waals surface area contributed by atoms with E-state index >= 15 is 0 Å². The van der Waals surface area contributed by atoms with Gasteiger partial charge in [0.15, 0.2) is 0 Å². The fourth-order valence-corrected chi connectivity index (χ4v) is 2.41. The van der Waals surface area contributed by atoms with Crippen LogP contribution in [0, 0.1) is 0 Å². The van der Waals surface area contributed by atoms with Crippen LogP contribution in [0.25, 0.3) is 0 Å². The van der Waals surface area contributed by atoms with E-state index in [4.69, 9.17) is 0 Å². The highest BCUT2D eigenvalue weighted by Crippen LogP contribution is 2.15. The van der Waals surface area contributed by atoms with Crippen molar-refractivity contribution in [1.29, 1.82) is 0 Å². The van der Waals surface area contributed by atoms with Crippen LogP contribution in [-0.4, -0.2) is 26.4 Å². The molecule has 0 aliphatic heterocycles. The Bertz CT molecular complexity index is 827. The minimum atomic E-state index is -3.59. The molecule has 0 bridgehead atoms. The van der Waals surface area contributed by atoms with Crippen molar-refractivity contribution in [2.75, 3.05) is 12.4 Å². The van der Waals surface area contributed by atoms with Gasteiger partial charge in [-0.15, -0.1) is 0 Å². The summed E-state index contributed by atoms with van der Waals surface area (Å²) < 4.78 is 25.6. The molecule has 0 radical (unpaired) electrons. The summed E-state index contributed by atoms with van der Waals surface area (Å²) in [4.78, 5) is 25.5. The second-order valence-electron chi connectivity index (χ2n) is 4.12. The molecule has 2 aromatic rings. The highest BCUT2D eigenvalue weighted by atomic mass is 32.2. The van der Waals surface area contributed by atoms with Gasteiger partial charge in [0.25, 0.3) is 5.91 Å². The molecular formula is C13H13N3O4S. The van der Waals surface area contributed by atoms with Crippen molar-refractivity contribution in [3.05, 3.63) is 58.5 Å². The van der Waals surface area contributed by atoms with Gasteiger partial charge in [-0.2, -0.15) is 0 Å². The van der Waals surface area contributed by atoms with Gasteiger partial charge in [-0.05, 0) is 31.3 Å². The topological polar surface area (TPSA) is 108 Å². The first-order chi connectivity index (χ1) is 9.92. The lowest BCUT2D eigenvalue weighted by Crippen LogP contribution is -2.20. The van der Waals surface area contributed by atoms with Crippen LogP contribution in [0.15, 0.2) is 52.2 Å². The highest BCUT2D eigenvalue weighted by molar-refractivity contribution is 7.89. The fraction of sp³-hybridized carbons (Fsp3) is 0.0769. The minimum absolute atomic E-state index is 0.0318. The number of aromatic nitrogens is 1. The number of benzene rings is 1. The van der Waals surface area contributed by atoms with Crippen molar-refractivity contribution in [2.45, 2.75) is 4.90 Å². The van der Waals surface area contributed by atoms with E-state index in [1.807, 2.05) is 0 Å². The molecule has 0 saturated carbocycles. The zero-order valence-corrected chi connectivity index (χ0v) is 11.9. The molecule has 0 saturated heterocycles. The summed E-state index contributed by atoms with van der Waals surface area (Å²) >= 11 is 0. The van der Waals surface area contributed by atoms with Crippen molar-refractivity contribution in [3.63, 3.8) is 0 Å². The number of amides is 1. The second-order valence-corrected chi connectivity index (χ2v) is 6.00. The van der Waals surface area contributed by atoms with Crippen LogP contribution < -0.4 is 15.6 Å². The maximum absolute atomic E-state index is 12.0. The molecule has 7 nitrogen and oxygen atoms in total. The number of sulfonamides is 1.